The van der Waals surface area contributed by atoms with Gasteiger partial charge in [-0.2, -0.15) is 4.31 Å². The fraction of sp³-hybridized carbons (Fsp3) is 0.316. The molecule has 0 atom stereocenters. The van der Waals surface area contributed by atoms with Crippen LogP contribution in [0.25, 0.3) is 0 Å². The standard InChI is InChI=1S/C19H19ClFNO4S/c20-16-5-7-17(8-6-16)27(24,25)22-11-9-14(10-12-22)19(23)26-13-15-3-1-2-4-18(15)21/h1-8,14H,9-13H2. The number of rotatable bonds is 5. The highest BCUT2D eigenvalue weighted by molar-refractivity contribution is 7.89. The molecule has 0 unspecified atom stereocenters. The number of nitrogens with zero attached hydrogens (tertiary/aromatic N) is 1. The molecule has 1 fully saturated rings. The molecular formula is C19H19ClFNO4S. The zero-order valence-electron chi connectivity index (χ0n) is 14.5. The molecule has 1 aliphatic heterocycles. The summed E-state index contributed by atoms with van der Waals surface area (Å²) < 4.78 is 45.4. The molecule has 2 aromatic rings. The van der Waals surface area contributed by atoms with Crippen LogP contribution >= 0.6 is 11.6 Å². The van der Waals surface area contributed by atoms with Crippen molar-refractivity contribution in [2.75, 3.05) is 13.1 Å². The molecule has 0 spiro atoms. The fourth-order valence-corrected chi connectivity index (χ4v) is 4.57. The van der Waals surface area contributed by atoms with E-state index in [9.17, 15) is 17.6 Å². The van der Waals surface area contributed by atoms with Crippen molar-refractivity contribution in [3.8, 4) is 0 Å². The van der Waals surface area contributed by atoms with Gasteiger partial charge in [-0.1, -0.05) is 29.8 Å². The summed E-state index contributed by atoms with van der Waals surface area (Å²) in [5.74, 6) is -1.25. The predicted molar refractivity (Wildman–Crippen MR) is 99.1 cm³/mol. The molecule has 5 nitrogen and oxygen atoms in total. The summed E-state index contributed by atoms with van der Waals surface area (Å²) in [4.78, 5) is 12.4. The van der Waals surface area contributed by atoms with Gasteiger partial charge >= 0.3 is 5.97 Å². The number of hydrogen-bond donors (Lipinski definition) is 0. The van der Waals surface area contributed by atoms with Crippen molar-refractivity contribution < 1.29 is 22.3 Å². The van der Waals surface area contributed by atoms with Crippen LogP contribution in [0.15, 0.2) is 53.4 Å². The van der Waals surface area contributed by atoms with Crippen LogP contribution in [0, 0.1) is 11.7 Å². The smallest absolute Gasteiger partial charge is 0.309 e. The first-order chi connectivity index (χ1) is 12.9. The lowest BCUT2D eigenvalue weighted by Gasteiger charge is -2.30. The number of piperidine rings is 1. The topological polar surface area (TPSA) is 63.7 Å². The maximum absolute atomic E-state index is 13.6. The lowest BCUT2D eigenvalue weighted by molar-refractivity contribution is -0.151. The Hall–Kier alpha value is -1.96. The van der Waals surface area contributed by atoms with Gasteiger partial charge < -0.3 is 4.74 Å². The SMILES string of the molecule is O=C(OCc1ccccc1F)C1CCN(S(=O)(=O)c2ccc(Cl)cc2)CC1. The lowest BCUT2D eigenvalue weighted by Crippen LogP contribution is -2.40. The van der Waals surface area contributed by atoms with E-state index in [0.29, 0.717) is 23.4 Å². The minimum atomic E-state index is -3.62. The Morgan fingerprint density at radius 2 is 1.74 bits per heavy atom. The molecule has 3 rings (SSSR count). The van der Waals surface area contributed by atoms with Crippen molar-refractivity contribution >= 4 is 27.6 Å². The summed E-state index contributed by atoms with van der Waals surface area (Å²) >= 11 is 5.80. The number of halogens is 2. The highest BCUT2D eigenvalue weighted by Crippen LogP contribution is 2.25. The maximum Gasteiger partial charge on any atom is 0.309 e. The molecule has 1 aliphatic rings. The van der Waals surface area contributed by atoms with E-state index >= 15 is 0 Å². The minimum absolute atomic E-state index is 0.130. The van der Waals surface area contributed by atoms with Crippen molar-refractivity contribution in [3.05, 3.63) is 64.9 Å². The molecule has 27 heavy (non-hydrogen) atoms. The summed E-state index contributed by atoms with van der Waals surface area (Å²) in [5.41, 5.74) is 0.314. The Morgan fingerprint density at radius 3 is 2.37 bits per heavy atom. The van der Waals surface area contributed by atoms with E-state index in [1.54, 1.807) is 18.2 Å². The first kappa shape index (κ1) is 19.8. The van der Waals surface area contributed by atoms with Crippen molar-refractivity contribution in [1.82, 2.24) is 4.31 Å². The monoisotopic (exact) mass is 411 g/mol. The molecule has 0 aromatic heterocycles. The van der Waals surface area contributed by atoms with Gasteiger partial charge in [-0.15, -0.1) is 0 Å². The summed E-state index contributed by atoms with van der Waals surface area (Å²) in [6.07, 6.45) is 0.728. The predicted octanol–water partition coefficient (Wildman–Crippen LogP) is 3.62. The van der Waals surface area contributed by atoms with Gasteiger partial charge in [0.05, 0.1) is 10.8 Å². The third-order valence-electron chi connectivity index (χ3n) is 4.57. The van der Waals surface area contributed by atoms with Crippen LogP contribution in [0.4, 0.5) is 4.39 Å². The number of carbonyl (C=O) groups is 1. The second kappa shape index (κ2) is 8.37. The maximum atomic E-state index is 13.6. The van der Waals surface area contributed by atoms with E-state index in [-0.39, 0.29) is 24.6 Å². The average molecular weight is 412 g/mol. The number of ether oxygens (including phenoxy) is 1. The third kappa shape index (κ3) is 4.66. The lowest BCUT2D eigenvalue weighted by atomic mass is 9.98. The molecule has 0 saturated carbocycles. The second-order valence-corrected chi connectivity index (χ2v) is 8.71. The molecule has 0 amide bonds. The van der Waals surface area contributed by atoms with Gasteiger partial charge in [-0.25, -0.2) is 12.8 Å². The van der Waals surface area contributed by atoms with Crippen molar-refractivity contribution in [2.45, 2.75) is 24.3 Å². The number of sulfonamides is 1. The Kier molecular flexibility index (Phi) is 6.14. The van der Waals surface area contributed by atoms with Gasteiger partial charge in [0.1, 0.15) is 12.4 Å². The molecule has 0 radical (unpaired) electrons. The van der Waals surface area contributed by atoms with Crippen molar-refractivity contribution in [2.24, 2.45) is 5.92 Å². The summed E-state index contributed by atoms with van der Waals surface area (Å²) in [7, 11) is -3.62. The molecule has 144 valence electrons. The zero-order valence-corrected chi connectivity index (χ0v) is 16.0. The van der Waals surface area contributed by atoms with E-state index in [2.05, 4.69) is 0 Å². The van der Waals surface area contributed by atoms with Gasteiger partial charge in [0.15, 0.2) is 0 Å². The van der Waals surface area contributed by atoms with E-state index in [4.69, 9.17) is 16.3 Å². The van der Waals surface area contributed by atoms with Gasteiger partial charge in [-0.05, 0) is 43.2 Å². The fourth-order valence-electron chi connectivity index (χ4n) is 2.97. The van der Waals surface area contributed by atoms with Gasteiger partial charge in [-0.3, -0.25) is 4.79 Å². The van der Waals surface area contributed by atoms with Crippen LogP contribution in [-0.2, 0) is 26.2 Å². The number of benzene rings is 2. The molecular weight excluding hydrogens is 393 g/mol. The molecule has 1 saturated heterocycles. The van der Waals surface area contributed by atoms with Gasteiger partial charge in [0, 0.05) is 23.7 Å². The molecule has 8 heteroatoms. The highest BCUT2D eigenvalue weighted by atomic mass is 35.5. The largest absolute Gasteiger partial charge is 0.460 e. The van der Waals surface area contributed by atoms with Crippen molar-refractivity contribution in [1.29, 1.82) is 0 Å². The van der Waals surface area contributed by atoms with Crippen LogP contribution < -0.4 is 0 Å². The van der Waals surface area contributed by atoms with Gasteiger partial charge in [0.25, 0.3) is 0 Å². The average Bonchev–Trinajstić information content (AvgIpc) is 2.67. The Labute approximate surface area is 162 Å². The normalized spacial score (nSPS) is 16.2. The van der Waals surface area contributed by atoms with E-state index in [0.717, 1.165) is 0 Å². The Bertz CT molecular complexity index is 910. The zero-order chi connectivity index (χ0) is 19.4. The second-order valence-electron chi connectivity index (χ2n) is 6.33. The van der Waals surface area contributed by atoms with Crippen LogP contribution in [0.3, 0.4) is 0 Å². The quantitative estimate of drug-likeness (QED) is 0.705. The van der Waals surface area contributed by atoms with E-state index in [1.165, 1.54) is 34.6 Å². The number of hydrogen-bond acceptors (Lipinski definition) is 4. The summed E-state index contributed by atoms with van der Waals surface area (Å²) in [5, 5.41) is 0.463. The van der Waals surface area contributed by atoms with Crippen LogP contribution in [-0.4, -0.2) is 31.8 Å². The van der Waals surface area contributed by atoms with Crippen molar-refractivity contribution in [3.63, 3.8) is 0 Å². The Morgan fingerprint density at radius 1 is 1.11 bits per heavy atom. The summed E-state index contributed by atoms with van der Waals surface area (Å²) in [6, 6.07) is 12.1. The summed E-state index contributed by atoms with van der Waals surface area (Å²) in [6.45, 7) is 0.323. The Balaban J connectivity index is 1.56. The third-order valence-corrected chi connectivity index (χ3v) is 6.73. The first-order valence-corrected chi connectivity index (χ1v) is 10.4. The number of carbonyl (C=O) groups excluding carboxylic acids is 1. The molecule has 0 aliphatic carbocycles. The molecule has 0 bridgehead atoms. The number of esters is 1. The first-order valence-electron chi connectivity index (χ1n) is 8.53. The molecule has 2 aromatic carbocycles. The van der Waals surface area contributed by atoms with Crippen LogP contribution in [0.5, 0.6) is 0 Å². The van der Waals surface area contributed by atoms with Crippen LogP contribution in [0.1, 0.15) is 18.4 Å². The molecule has 1 heterocycles. The van der Waals surface area contributed by atoms with Crippen LogP contribution in [0.2, 0.25) is 5.02 Å². The highest BCUT2D eigenvalue weighted by Gasteiger charge is 2.32. The van der Waals surface area contributed by atoms with E-state index in [1.807, 2.05) is 0 Å². The van der Waals surface area contributed by atoms with E-state index < -0.39 is 27.7 Å². The van der Waals surface area contributed by atoms with Gasteiger partial charge in [0.2, 0.25) is 10.0 Å². The molecule has 0 N–H and O–H groups in total. The minimum Gasteiger partial charge on any atom is -0.460 e.